The number of nitriles is 1. The molecule has 5 nitrogen and oxygen atoms in total. The Morgan fingerprint density at radius 3 is 2.71 bits per heavy atom. The summed E-state index contributed by atoms with van der Waals surface area (Å²) in [4.78, 5) is 12.6. The molecule has 1 atom stereocenters. The number of carbonyl (C=O) groups excluding carboxylic acids is 1. The molecule has 5 heteroatoms. The van der Waals surface area contributed by atoms with Crippen LogP contribution in [0.2, 0.25) is 0 Å². The quantitative estimate of drug-likeness (QED) is 0.735. The highest BCUT2D eigenvalue weighted by molar-refractivity contribution is 5.98. The van der Waals surface area contributed by atoms with Crippen LogP contribution in [-0.2, 0) is 0 Å². The molecule has 2 heterocycles. The molecule has 0 bridgehead atoms. The molecule has 1 aromatic heterocycles. The number of hydrogen-bond donors (Lipinski definition) is 2. The third kappa shape index (κ3) is 3.08. The number of benzene rings is 2. The SMILES string of the molecule is Cc1cccc(-c2c(-c3cccc(C#N)c3)cc3n2C(CCN)CNC3=O)c1. The van der Waals surface area contributed by atoms with Crippen molar-refractivity contribution in [1.29, 1.82) is 5.26 Å². The van der Waals surface area contributed by atoms with Gasteiger partial charge in [0.15, 0.2) is 0 Å². The Kier molecular flexibility index (Phi) is 4.72. The molecule has 1 aliphatic rings. The van der Waals surface area contributed by atoms with Crippen LogP contribution in [0.15, 0.2) is 54.6 Å². The Bertz CT molecular complexity index is 1090. The van der Waals surface area contributed by atoms with Gasteiger partial charge >= 0.3 is 0 Å². The van der Waals surface area contributed by atoms with E-state index in [-0.39, 0.29) is 11.9 Å². The Morgan fingerprint density at radius 2 is 1.96 bits per heavy atom. The van der Waals surface area contributed by atoms with Crippen LogP contribution in [0.4, 0.5) is 0 Å². The third-order valence-electron chi connectivity index (χ3n) is 5.23. The standard InChI is InChI=1S/C23H22N4O/c1-15-4-2-7-18(10-15)22-20(17-6-3-5-16(11-17)13-25)12-21-23(28)26-14-19(8-9-24)27(21)22/h2-7,10-12,19H,8-9,14,24H2,1H3,(H,26,28). The van der Waals surface area contributed by atoms with Crippen LogP contribution >= 0.6 is 0 Å². The number of hydrogen-bond acceptors (Lipinski definition) is 3. The predicted octanol–water partition coefficient (Wildman–Crippen LogP) is 3.64. The summed E-state index contributed by atoms with van der Waals surface area (Å²) in [5.74, 6) is -0.0788. The summed E-state index contributed by atoms with van der Waals surface area (Å²) in [7, 11) is 0. The van der Waals surface area contributed by atoms with Gasteiger partial charge in [-0.15, -0.1) is 0 Å². The predicted molar refractivity (Wildman–Crippen MR) is 110 cm³/mol. The van der Waals surface area contributed by atoms with Crippen LogP contribution in [0, 0.1) is 18.3 Å². The Labute approximate surface area is 164 Å². The minimum absolute atomic E-state index is 0.0788. The third-order valence-corrected chi connectivity index (χ3v) is 5.23. The van der Waals surface area contributed by atoms with Gasteiger partial charge in [-0.3, -0.25) is 4.79 Å². The number of rotatable bonds is 4. The van der Waals surface area contributed by atoms with Crippen molar-refractivity contribution in [1.82, 2.24) is 9.88 Å². The molecule has 0 fully saturated rings. The lowest BCUT2D eigenvalue weighted by Gasteiger charge is -2.28. The van der Waals surface area contributed by atoms with E-state index in [2.05, 4.69) is 41.1 Å². The molecular weight excluding hydrogens is 348 g/mol. The van der Waals surface area contributed by atoms with E-state index in [0.29, 0.717) is 24.3 Å². The lowest BCUT2D eigenvalue weighted by Crippen LogP contribution is -2.39. The van der Waals surface area contributed by atoms with Gasteiger partial charge in [-0.1, -0.05) is 35.9 Å². The number of nitrogens with two attached hydrogens (primary N) is 1. The van der Waals surface area contributed by atoms with Crippen molar-refractivity contribution >= 4 is 5.91 Å². The fourth-order valence-electron chi connectivity index (χ4n) is 3.96. The summed E-state index contributed by atoms with van der Waals surface area (Å²) in [6.45, 7) is 3.17. The van der Waals surface area contributed by atoms with Gasteiger partial charge in [0.25, 0.3) is 5.91 Å². The summed E-state index contributed by atoms with van der Waals surface area (Å²) in [6, 6.07) is 20.0. The monoisotopic (exact) mass is 370 g/mol. The zero-order valence-electron chi connectivity index (χ0n) is 15.8. The second-order valence-corrected chi connectivity index (χ2v) is 7.17. The first-order valence-corrected chi connectivity index (χ1v) is 9.43. The van der Waals surface area contributed by atoms with Gasteiger partial charge in [-0.2, -0.15) is 5.26 Å². The molecule has 4 rings (SSSR count). The van der Waals surface area contributed by atoms with Gasteiger partial charge in [0.2, 0.25) is 0 Å². The molecule has 28 heavy (non-hydrogen) atoms. The molecule has 1 unspecified atom stereocenters. The molecule has 0 aliphatic carbocycles. The zero-order valence-corrected chi connectivity index (χ0v) is 15.8. The highest BCUT2D eigenvalue weighted by atomic mass is 16.2. The van der Waals surface area contributed by atoms with E-state index in [0.717, 1.165) is 34.4 Å². The van der Waals surface area contributed by atoms with Crippen LogP contribution in [0.5, 0.6) is 0 Å². The second-order valence-electron chi connectivity index (χ2n) is 7.17. The Balaban J connectivity index is 2.02. The molecule has 1 aliphatic heterocycles. The maximum absolute atomic E-state index is 12.6. The van der Waals surface area contributed by atoms with Crippen molar-refractivity contribution < 1.29 is 4.79 Å². The maximum atomic E-state index is 12.6. The van der Waals surface area contributed by atoms with Gasteiger partial charge in [0.1, 0.15) is 5.69 Å². The van der Waals surface area contributed by atoms with E-state index in [1.54, 1.807) is 6.07 Å². The lowest BCUT2D eigenvalue weighted by atomic mass is 9.98. The van der Waals surface area contributed by atoms with Gasteiger partial charge in [0, 0.05) is 12.1 Å². The first-order valence-electron chi connectivity index (χ1n) is 9.43. The smallest absolute Gasteiger partial charge is 0.268 e. The summed E-state index contributed by atoms with van der Waals surface area (Å²) in [5.41, 5.74) is 12.2. The van der Waals surface area contributed by atoms with E-state index in [1.165, 1.54) is 0 Å². The Hall–Kier alpha value is -3.36. The number of aryl methyl sites for hydroxylation is 1. The molecule has 1 amide bonds. The highest BCUT2D eigenvalue weighted by Gasteiger charge is 2.30. The van der Waals surface area contributed by atoms with E-state index < -0.39 is 0 Å². The van der Waals surface area contributed by atoms with Gasteiger partial charge in [-0.25, -0.2) is 0 Å². The molecule has 2 aromatic carbocycles. The van der Waals surface area contributed by atoms with Crippen LogP contribution in [-0.4, -0.2) is 23.6 Å². The molecule has 0 radical (unpaired) electrons. The van der Waals surface area contributed by atoms with Gasteiger partial charge < -0.3 is 15.6 Å². The lowest BCUT2D eigenvalue weighted by molar-refractivity contribution is 0.0914. The van der Waals surface area contributed by atoms with Gasteiger partial charge in [-0.05, 0) is 55.3 Å². The van der Waals surface area contributed by atoms with Crippen molar-refractivity contribution in [2.24, 2.45) is 5.73 Å². The van der Waals surface area contributed by atoms with E-state index in [4.69, 9.17) is 5.73 Å². The maximum Gasteiger partial charge on any atom is 0.268 e. The van der Waals surface area contributed by atoms with Crippen molar-refractivity contribution in [3.63, 3.8) is 0 Å². The zero-order chi connectivity index (χ0) is 19.7. The van der Waals surface area contributed by atoms with Crippen LogP contribution < -0.4 is 11.1 Å². The molecule has 3 aromatic rings. The highest BCUT2D eigenvalue weighted by Crippen LogP contribution is 2.39. The summed E-state index contributed by atoms with van der Waals surface area (Å²) in [5, 5.41) is 12.3. The average molecular weight is 370 g/mol. The topological polar surface area (TPSA) is 83.8 Å². The normalized spacial score (nSPS) is 15.6. The summed E-state index contributed by atoms with van der Waals surface area (Å²) >= 11 is 0. The van der Waals surface area contributed by atoms with Crippen molar-refractivity contribution in [3.05, 3.63) is 71.4 Å². The van der Waals surface area contributed by atoms with Crippen molar-refractivity contribution in [3.8, 4) is 28.5 Å². The molecule has 0 saturated carbocycles. The minimum Gasteiger partial charge on any atom is -0.349 e. The average Bonchev–Trinajstić information content (AvgIpc) is 3.12. The number of amides is 1. The van der Waals surface area contributed by atoms with E-state index in [9.17, 15) is 10.1 Å². The fourth-order valence-corrected chi connectivity index (χ4v) is 3.96. The summed E-state index contributed by atoms with van der Waals surface area (Å²) in [6.07, 6.45) is 0.776. The van der Waals surface area contributed by atoms with Gasteiger partial charge in [0.05, 0.1) is 23.4 Å². The first-order chi connectivity index (χ1) is 13.6. The number of carbonyl (C=O) groups is 1. The Morgan fingerprint density at radius 1 is 1.18 bits per heavy atom. The van der Waals surface area contributed by atoms with Crippen LogP contribution in [0.25, 0.3) is 22.4 Å². The summed E-state index contributed by atoms with van der Waals surface area (Å²) < 4.78 is 2.13. The number of nitrogens with one attached hydrogen (secondary N) is 1. The van der Waals surface area contributed by atoms with Crippen molar-refractivity contribution in [2.45, 2.75) is 19.4 Å². The van der Waals surface area contributed by atoms with E-state index in [1.807, 2.05) is 30.3 Å². The fraction of sp³-hybridized carbons (Fsp3) is 0.217. The van der Waals surface area contributed by atoms with Crippen LogP contribution in [0.3, 0.4) is 0 Å². The largest absolute Gasteiger partial charge is 0.349 e. The molecule has 140 valence electrons. The number of aromatic nitrogens is 1. The number of nitrogens with zero attached hydrogens (tertiary/aromatic N) is 2. The first kappa shape index (κ1) is 18.0. The molecule has 0 spiro atoms. The molecule has 0 saturated heterocycles. The molecule has 3 N–H and O–H groups in total. The number of fused-ring (bicyclic) bond motifs is 1. The molecular formula is C23H22N4O. The van der Waals surface area contributed by atoms with Crippen LogP contribution in [0.1, 0.15) is 34.1 Å². The minimum atomic E-state index is -0.0788. The van der Waals surface area contributed by atoms with E-state index >= 15 is 0 Å². The van der Waals surface area contributed by atoms with Crippen molar-refractivity contribution in [2.75, 3.05) is 13.1 Å². The second kappa shape index (κ2) is 7.34.